The minimum atomic E-state index is -0.130. The predicted octanol–water partition coefficient (Wildman–Crippen LogP) is 2.87. The van der Waals surface area contributed by atoms with Gasteiger partial charge in [-0.3, -0.25) is 14.5 Å². The van der Waals surface area contributed by atoms with E-state index in [2.05, 4.69) is 22.3 Å². The minimum absolute atomic E-state index is 0.130. The standard InChI is InChI=1S/C15H20N4O/c1-5-6-19-12(4)14(11(3)18-19)15(20)17-13-7-10(2)8-16-9-13/h7-9H,5-6H2,1-4H3,(H,17,20). The molecule has 0 radical (unpaired) electrons. The highest BCUT2D eigenvalue weighted by atomic mass is 16.1. The molecule has 0 bridgehead atoms. The summed E-state index contributed by atoms with van der Waals surface area (Å²) in [4.78, 5) is 16.5. The predicted molar refractivity (Wildman–Crippen MR) is 78.9 cm³/mol. The molecule has 0 atom stereocenters. The number of amides is 1. The summed E-state index contributed by atoms with van der Waals surface area (Å²) in [5.41, 5.74) is 4.03. The minimum Gasteiger partial charge on any atom is -0.320 e. The Bertz CT molecular complexity index is 631. The van der Waals surface area contributed by atoms with Crippen LogP contribution in [0.3, 0.4) is 0 Å². The molecule has 20 heavy (non-hydrogen) atoms. The summed E-state index contributed by atoms with van der Waals surface area (Å²) in [5.74, 6) is -0.130. The molecule has 106 valence electrons. The first-order chi connectivity index (χ1) is 9.52. The molecule has 0 saturated carbocycles. The first kappa shape index (κ1) is 14.2. The van der Waals surface area contributed by atoms with E-state index in [1.54, 1.807) is 12.4 Å². The molecule has 2 aromatic heterocycles. The van der Waals surface area contributed by atoms with Crippen molar-refractivity contribution in [3.05, 3.63) is 41.0 Å². The van der Waals surface area contributed by atoms with E-state index in [9.17, 15) is 4.79 Å². The number of anilines is 1. The molecule has 5 heteroatoms. The lowest BCUT2D eigenvalue weighted by Gasteiger charge is -2.06. The third-order valence-corrected chi connectivity index (χ3v) is 3.18. The first-order valence-corrected chi connectivity index (χ1v) is 6.80. The number of rotatable bonds is 4. The Morgan fingerprint density at radius 3 is 2.70 bits per heavy atom. The van der Waals surface area contributed by atoms with Crippen molar-refractivity contribution >= 4 is 11.6 Å². The van der Waals surface area contributed by atoms with E-state index in [4.69, 9.17) is 0 Å². The molecule has 0 unspecified atom stereocenters. The zero-order valence-electron chi connectivity index (χ0n) is 12.4. The summed E-state index contributed by atoms with van der Waals surface area (Å²) < 4.78 is 1.89. The van der Waals surface area contributed by atoms with Crippen LogP contribution in [0.2, 0.25) is 0 Å². The number of carbonyl (C=O) groups excluding carboxylic acids is 1. The monoisotopic (exact) mass is 272 g/mol. The topological polar surface area (TPSA) is 59.8 Å². The van der Waals surface area contributed by atoms with E-state index in [1.165, 1.54) is 0 Å². The maximum Gasteiger partial charge on any atom is 0.259 e. The van der Waals surface area contributed by atoms with Crippen LogP contribution in [0, 0.1) is 20.8 Å². The summed E-state index contributed by atoms with van der Waals surface area (Å²) in [6.45, 7) is 8.65. The average molecular weight is 272 g/mol. The van der Waals surface area contributed by atoms with Gasteiger partial charge in [0, 0.05) is 18.4 Å². The molecule has 2 aromatic rings. The van der Waals surface area contributed by atoms with E-state index in [1.807, 2.05) is 31.5 Å². The number of nitrogens with one attached hydrogen (secondary N) is 1. The highest BCUT2D eigenvalue weighted by molar-refractivity contribution is 6.05. The van der Waals surface area contributed by atoms with Gasteiger partial charge in [0.2, 0.25) is 0 Å². The third kappa shape index (κ3) is 2.87. The highest BCUT2D eigenvalue weighted by Gasteiger charge is 2.18. The second kappa shape index (κ2) is 5.86. The smallest absolute Gasteiger partial charge is 0.259 e. The zero-order valence-corrected chi connectivity index (χ0v) is 12.4. The fourth-order valence-electron chi connectivity index (χ4n) is 2.27. The molecule has 5 nitrogen and oxygen atoms in total. The van der Waals surface area contributed by atoms with Gasteiger partial charge < -0.3 is 5.32 Å². The van der Waals surface area contributed by atoms with Crippen LogP contribution in [0.4, 0.5) is 5.69 Å². The fourth-order valence-corrected chi connectivity index (χ4v) is 2.27. The maximum absolute atomic E-state index is 12.4. The van der Waals surface area contributed by atoms with Crippen molar-refractivity contribution in [2.24, 2.45) is 0 Å². The lowest BCUT2D eigenvalue weighted by atomic mass is 10.2. The van der Waals surface area contributed by atoms with Crippen LogP contribution in [0.5, 0.6) is 0 Å². The molecule has 0 saturated heterocycles. The van der Waals surface area contributed by atoms with E-state index in [-0.39, 0.29) is 5.91 Å². The van der Waals surface area contributed by atoms with Gasteiger partial charge in [0.05, 0.1) is 23.1 Å². The Hall–Kier alpha value is -2.17. The quantitative estimate of drug-likeness (QED) is 0.931. The van der Waals surface area contributed by atoms with Gasteiger partial charge in [0.15, 0.2) is 0 Å². The normalized spacial score (nSPS) is 10.6. The van der Waals surface area contributed by atoms with Crippen molar-refractivity contribution in [2.75, 3.05) is 5.32 Å². The van der Waals surface area contributed by atoms with Crippen molar-refractivity contribution in [1.29, 1.82) is 0 Å². The SMILES string of the molecule is CCCn1nc(C)c(C(=O)Nc2cncc(C)c2)c1C. The van der Waals surface area contributed by atoms with Gasteiger partial charge in [0.25, 0.3) is 5.91 Å². The molecular formula is C15H20N4O. The Morgan fingerprint density at radius 2 is 2.05 bits per heavy atom. The Morgan fingerprint density at radius 1 is 1.30 bits per heavy atom. The summed E-state index contributed by atoms with van der Waals surface area (Å²) in [7, 11) is 0. The van der Waals surface area contributed by atoms with Gasteiger partial charge in [-0.1, -0.05) is 6.92 Å². The van der Waals surface area contributed by atoms with Crippen LogP contribution in [-0.2, 0) is 6.54 Å². The number of aromatic nitrogens is 3. The van der Waals surface area contributed by atoms with Gasteiger partial charge in [-0.05, 0) is 38.8 Å². The molecule has 1 amide bonds. The molecule has 1 N–H and O–H groups in total. The molecule has 0 aliphatic carbocycles. The van der Waals surface area contributed by atoms with Crippen molar-refractivity contribution in [2.45, 2.75) is 40.7 Å². The Kier molecular flexibility index (Phi) is 4.17. The van der Waals surface area contributed by atoms with Crippen LogP contribution in [-0.4, -0.2) is 20.7 Å². The number of hydrogen-bond acceptors (Lipinski definition) is 3. The largest absolute Gasteiger partial charge is 0.320 e. The van der Waals surface area contributed by atoms with Crippen LogP contribution >= 0.6 is 0 Å². The van der Waals surface area contributed by atoms with Gasteiger partial charge >= 0.3 is 0 Å². The van der Waals surface area contributed by atoms with Crippen LogP contribution in [0.1, 0.15) is 40.7 Å². The molecule has 0 aromatic carbocycles. The Balaban J connectivity index is 2.25. The molecule has 0 spiro atoms. The molecule has 0 aliphatic heterocycles. The van der Waals surface area contributed by atoms with Crippen LogP contribution in [0.15, 0.2) is 18.5 Å². The zero-order chi connectivity index (χ0) is 14.7. The number of carbonyl (C=O) groups is 1. The van der Waals surface area contributed by atoms with Crippen LogP contribution < -0.4 is 5.32 Å². The van der Waals surface area contributed by atoms with Gasteiger partial charge in [0.1, 0.15) is 0 Å². The first-order valence-electron chi connectivity index (χ1n) is 6.80. The van der Waals surface area contributed by atoms with Crippen molar-refractivity contribution < 1.29 is 4.79 Å². The number of pyridine rings is 1. The van der Waals surface area contributed by atoms with Gasteiger partial charge in [-0.15, -0.1) is 0 Å². The fraction of sp³-hybridized carbons (Fsp3) is 0.400. The van der Waals surface area contributed by atoms with Gasteiger partial charge in [-0.2, -0.15) is 5.10 Å². The lowest BCUT2D eigenvalue weighted by Crippen LogP contribution is -2.14. The van der Waals surface area contributed by atoms with E-state index >= 15 is 0 Å². The van der Waals surface area contributed by atoms with Crippen molar-refractivity contribution in [3.63, 3.8) is 0 Å². The van der Waals surface area contributed by atoms with E-state index in [0.717, 1.165) is 29.9 Å². The lowest BCUT2D eigenvalue weighted by molar-refractivity contribution is 0.102. The molecular weight excluding hydrogens is 252 g/mol. The second-order valence-electron chi connectivity index (χ2n) is 4.97. The molecule has 0 fully saturated rings. The van der Waals surface area contributed by atoms with Crippen LogP contribution in [0.25, 0.3) is 0 Å². The van der Waals surface area contributed by atoms with E-state index in [0.29, 0.717) is 11.3 Å². The van der Waals surface area contributed by atoms with Crippen molar-refractivity contribution in [3.8, 4) is 0 Å². The summed E-state index contributed by atoms with van der Waals surface area (Å²) in [6, 6.07) is 1.89. The van der Waals surface area contributed by atoms with E-state index < -0.39 is 0 Å². The number of aryl methyl sites for hydroxylation is 3. The molecule has 2 heterocycles. The van der Waals surface area contributed by atoms with Gasteiger partial charge in [-0.25, -0.2) is 0 Å². The second-order valence-corrected chi connectivity index (χ2v) is 4.97. The van der Waals surface area contributed by atoms with Crippen molar-refractivity contribution in [1.82, 2.24) is 14.8 Å². The maximum atomic E-state index is 12.4. The summed E-state index contributed by atoms with van der Waals surface area (Å²) in [5, 5.41) is 7.30. The summed E-state index contributed by atoms with van der Waals surface area (Å²) >= 11 is 0. The molecule has 0 aliphatic rings. The Labute approximate surface area is 119 Å². The average Bonchev–Trinajstić information content (AvgIpc) is 2.65. The third-order valence-electron chi connectivity index (χ3n) is 3.18. The number of hydrogen-bond donors (Lipinski definition) is 1. The molecule has 2 rings (SSSR count). The number of nitrogens with zero attached hydrogens (tertiary/aromatic N) is 3. The summed E-state index contributed by atoms with van der Waals surface area (Å²) in [6.07, 6.45) is 4.39. The highest BCUT2D eigenvalue weighted by Crippen LogP contribution is 2.16.